The van der Waals surface area contributed by atoms with Gasteiger partial charge in [-0.25, -0.2) is 0 Å². The molecule has 3 rings (SSSR count). The van der Waals surface area contributed by atoms with Gasteiger partial charge in [0.15, 0.2) is 0 Å². The van der Waals surface area contributed by atoms with E-state index in [1.165, 1.54) is 43.4 Å². The average molecular weight is 231 g/mol. The zero-order valence-electron chi connectivity index (χ0n) is 10.5. The summed E-state index contributed by atoms with van der Waals surface area (Å²) in [7, 11) is 1.79. The van der Waals surface area contributed by atoms with Gasteiger partial charge in [-0.15, -0.1) is 0 Å². The van der Waals surface area contributed by atoms with E-state index < -0.39 is 0 Å². The average Bonchev–Trinajstić information content (AvgIpc) is 3.08. The van der Waals surface area contributed by atoms with Crippen LogP contribution in [-0.2, 0) is 6.42 Å². The van der Waals surface area contributed by atoms with E-state index in [4.69, 9.17) is 4.74 Å². The Morgan fingerprint density at radius 1 is 1.29 bits per heavy atom. The fourth-order valence-electron chi connectivity index (χ4n) is 2.83. The lowest BCUT2D eigenvalue weighted by atomic mass is 10.0. The molecular formula is C15H21NO. The molecule has 1 saturated carbocycles. The van der Waals surface area contributed by atoms with Crippen LogP contribution < -0.4 is 10.1 Å². The molecule has 1 unspecified atom stereocenters. The molecule has 17 heavy (non-hydrogen) atoms. The number of benzene rings is 1. The van der Waals surface area contributed by atoms with E-state index in [-0.39, 0.29) is 0 Å². The first-order valence-corrected chi connectivity index (χ1v) is 6.77. The van der Waals surface area contributed by atoms with E-state index in [2.05, 4.69) is 23.5 Å². The Labute approximate surface area is 103 Å². The minimum Gasteiger partial charge on any atom is -0.496 e. The van der Waals surface area contributed by atoms with Crippen molar-refractivity contribution < 1.29 is 4.74 Å². The molecule has 0 amide bonds. The Morgan fingerprint density at radius 3 is 2.82 bits per heavy atom. The van der Waals surface area contributed by atoms with Crippen LogP contribution in [-0.4, -0.2) is 19.7 Å². The van der Waals surface area contributed by atoms with E-state index >= 15 is 0 Å². The van der Waals surface area contributed by atoms with Crippen molar-refractivity contribution in [2.45, 2.75) is 44.1 Å². The van der Waals surface area contributed by atoms with Gasteiger partial charge in [-0.05, 0) is 61.8 Å². The molecule has 2 fully saturated rings. The zero-order valence-corrected chi connectivity index (χ0v) is 10.5. The Balaban J connectivity index is 1.75. The molecule has 92 valence electrons. The third kappa shape index (κ3) is 2.47. The second kappa shape index (κ2) is 4.69. The van der Waals surface area contributed by atoms with Crippen LogP contribution in [0.3, 0.4) is 0 Å². The first-order valence-electron chi connectivity index (χ1n) is 6.77. The fraction of sp³-hybridized carbons (Fsp3) is 0.600. The fourth-order valence-corrected chi connectivity index (χ4v) is 2.83. The summed E-state index contributed by atoms with van der Waals surface area (Å²) in [5.41, 5.74) is 2.82. The normalized spacial score (nSPS) is 23.9. The molecule has 1 saturated heterocycles. The van der Waals surface area contributed by atoms with E-state index in [0.717, 1.165) is 18.1 Å². The summed E-state index contributed by atoms with van der Waals surface area (Å²) in [6.45, 7) is 1.18. The van der Waals surface area contributed by atoms with Crippen molar-refractivity contribution in [2.75, 3.05) is 13.7 Å². The maximum Gasteiger partial charge on any atom is 0.122 e. The SMILES string of the molecule is COc1cc(CC2CCCN2)ccc1C1CC1. The number of hydrogen-bond acceptors (Lipinski definition) is 2. The summed E-state index contributed by atoms with van der Waals surface area (Å²) in [5.74, 6) is 1.87. The highest BCUT2D eigenvalue weighted by Crippen LogP contribution is 2.44. The van der Waals surface area contributed by atoms with E-state index in [1.54, 1.807) is 7.11 Å². The molecular weight excluding hydrogens is 210 g/mol. The predicted molar refractivity (Wildman–Crippen MR) is 69.7 cm³/mol. The summed E-state index contributed by atoms with van der Waals surface area (Å²) in [6.07, 6.45) is 6.44. The van der Waals surface area contributed by atoms with Crippen molar-refractivity contribution >= 4 is 0 Å². The van der Waals surface area contributed by atoms with Crippen molar-refractivity contribution in [2.24, 2.45) is 0 Å². The summed E-state index contributed by atoms with van der Waals surface area (Å²) in [6, 6.07) is 7.48. The topological polar surface area (TPSA) is 21.3 Å². The lowest BCUT2D eigenvalue weighted by Crippen LogP contribution is -2.23. The molecule has 1 aliphatic carbocycles. The third-order valence-corrected chi connectivity index (χ3v) is 3.96. The molecule has 1 heterocycles. The molecule has 0 spiro atoms. The third-order valence-electron chi connectivity index (χ3n) is 3.96. The Bertz CT molecular complexity index is 392. The Hall–Kier alpha value is -1.02. The molecule has 2 heteroatoms. The highest BCUT2D eigenvalue weighted by molar-refractivity contribution is 5.42. The summed E-state index contributed by atoms with van der Waals surface area (Å²) in [4.78, 5) is 0. The van der Waals surface area contributed by atoms with Gasteiger partial charge >= 0.3 is 0 Å². The molecule has 2 nitrogen and oxygen atoms in total. The maximum atomic E-state index is 5.53. The number of nitrogens with one attached hydrogen (secondary N) is 1. The Kier molecular flexibility index (Phi) is 3.06. The predicted octanol–water partition coefficient (Wildman–Crippen LogP) is 2.87. The van der Waals surface area contributed by atoms with Crippen LogP contribution in [0.4, 0.5) is 0 Å². The summed E-state index contributed by atoms with van der Waals surface area (Å²) >= 11 is 0. The van der Waals surface area contributed by atoms with Crippen molar-refractivity contribution in [3.05, 3.63) is 29.3 Å². The van der Waals surface area contributed by atoms with Gasteiger partial charge in [0.25, 0.3) is 0 Å². The summed E-state index contributed by atoms with van der Waals surface area (Å²) < 4.78 is 5.53. The number of ether oxygens (including phenoxy) is 1. The van der Waals surface area contributed by atoms with Gasteiger partial charge in [0, 0.05) is 6.04 Å². The smallest absolute Gasteiger partial charge is 0.122 e. The van der Waals surface area contributed by atoms with Gasteiger partial charge in [0.2, 0.25) is 0 Å². The first-order chi connectivity index (χ1) is 8.36. The second-order valence-electron chi connectivity index (χ2n) is 5.35. The molecule has 2 aliphatic rings. The molecule has 1 aromatic carbocycles. The van der Waals surface area contributed by atoms with E-state index in [1.807, 2.05) is 0 Å². The monoisotopic (exact) mass is 231 g/mol. The van der Waals surface area contributed by atoms with E-state index in [9.17, 15) is 0 Å². The number of hydrogen-bond donors (Lipinski definition) is 1. The summed E-state index contributed by atoms with van der Waals surface area (Å²) in [5, 5.41) is 3.55. The lowest BCUT2D eigenvalue weighted by molar-refractivity contribution is 0.409. The molecule has 0 aromatic heterocycles. The van der Waals surface area contributed by atoms with Crippen LogP contribution in [0.1, 0.15) is 42.7 Å². The van der Waals surface area contributed by atoms with Crippen LogP contribution in [0, 0.1) is 0 Å². The highest BCUT2D eigenvalue weighted by atomic mass is 16.5. The van der Waals surface area contributed by atoms with Crippen LogP contribution in [0.5, 0.6) is 5.75 Å². The molecule has 1 N–H and O–H groups in total. The second-order valence-corrected chi connectivity index (χ2v) is 5.35. The lowest BCUT2D eigenvalue weighted by Gasteiger charge is -2.13. The molecule has 0 radical (unpaired) electrons. The largest absolute Gasteiger partial charge is 0.496 e. The quantitative estimate of drug-likeness (QED) is 0.860. The van der Waals surface area contributed by atoms with Crippen molar-refractivity contribution in [1.82, 2.24) is 5.32 Å². The van der Waals surface area contributed by atoms with Crippen LogP contribution in [0.25, 0.3) is 0 Å². The molecule has 1 aliphatic heterocycles. The zero-order chi connectivity index (χ0) is 11.7. The minimum atomic E-state index is 0.673. The first kappa shape index (κ1) is 11.1. The van der Waals surface area contributed by atoms with Crippen LogP contribution in [0.2, 0.25) is 0 Å². The van der Waals surface area contributed by atoms with Crippen molar-refractivity contribution in [3.8, 4) is 5.75 Å². The van der Waals surface area contributed by atoms with Crippen LogP contribution in [0.15, 0.2) is 18.2 Å². The highest BCUT2D eigenvalue weighted by Gasteiger charge is 2.26. The van der Waals surface area contributed by atoms with Gasteiger partial charge < -0.3 is 10.1 Å². The van der Waals surface area contributed by atoms with Crippen molar-refractivity contribution in [1.29, 1.82) is 0 Å². The van der Waals surface area contributed by atoms with E-state index in [0.29, 0.717) is 6.04 Å². The minimum absolute atomic E-state index is 0.673. The van der Waals surface area contributed by atoms with Crippen molar-refractivity contribution in [3.63, 3.8) is 0 Å². The van der Waals surface area contributed by atoms with Crippen LogP contribution >= 0.6 is 0 Å². The van der Waals surface area contributed by atoms with Gasteiger partial charge in [0.05, 0.1) is 7.11 Å². The maximum absolute atomic E-state index is 5.53. The molecule has 1 aromatic rings. The molecule has 1 atom stereocenters. The molecule has 0 bridgehead atoms. The van der Waals surface area contributed by atoms with Gasteiger partial charge in [0.1, 0.15) is 5.75 Å². The number of methoxy groups -OCH3 is 1. The Morgan fingerprint density at radius 2 is 2.18 bits per heavy atom. The number of rotatable bonds is 4. The standard InChI is InChI=1S/C15H21NO/c1-17-15-10-11(9-13-3-2-8-16-13)4-7-14(15)12-5-6-12/h4,7,10,12-13,16H,2-3,5-6,8-9H2,1H3. The van der Waals surface area contributed by atoms with Gasteiger partial charge in [-0.2, -0.15) is 0 Å². The van der Waals surface area contributed by atoms with Gasteiger partial charge in [-0.3, -0.25) is 0 Å². The van der Waals surface area contributed by atoms with Gasteiger partial charge in [-0.1, -0.05) is 12.1 Å².